The van der Waals surface area contributed by atoms with Crippen molar-refractivity contribution >= 4 is 17.6 Å². The first-order valence-corrected chi connectivity index (χ1v) is 10.3. The van der Waals surface area contributed by atoms with Gasteiger partial charge in [0.1, 0.15) is 6.54 Å². The zero-order chi connectivity index (χ0) is 22.6. The van der Waals surface area contributed by atoms with Crippen LogP contribution in [0.2, 0.25) is 0 Å². The number of nitrogens with zero attached hydrogens (tertiary/aromatic N) is 3. The van der Waals surface area contributed by atoms with Gasteiger partial charge < -0.3 is 19.7 Å². The van der Waals surface area contributed by atoms with Gasteiger partial charge >= 0.3 is 12.2 Å². The van der Waals surface area contributed by atoms with E-state index < -0.39 is 17.8 Å². The maximum absolute atomic E-state index is 13.0. The van der Waals surface area contributed by atoms with Crippen molar-refractivity contribution in [2.45, 2.75) is 44.9 Å². The summed E-state index contributed by atoms with van der Waals surface area (Å²) in [4.78, 5) is 28.9. The lowest BCUT2D eigenvalue weighted by Crippen LogP contribution is -2.45. The Kier molecular flexibility index (Phi) is 6.92. The number of alkyl halides is 3. The predicted molar refractivity (Wildman–Crippen MR) is 111 cm³/mol. The maximum atomic E-state index is 13.0. The first kappa shape index (κ1) is 22.7. The molecule has 0 atom stereocenters. The van der Waals surface area contributed by atoms with E-state index in [2.05, 4.69) is 5.32 Å². The van der Waals surface area contributed by atoms with Crippen molar-refractivity contribution in [2.24, 2.45) is 7.05 Å². The number of aromatic nitrogens is 1. The van der Waals surface area contributed by atoms with Gasteiger partial charge in [-0.25, -0.2) is 4.79 Å². The first-order valence-electron chi connectivity index (χ1n) is 10.3. The largest absolute Gasteiger partial charge is 0.416 e. The van der Waals surface area contributed by atoms with Crippen molar-refractivity contribution in [3.63, 3.8) is 0 Å². The third-order valence-electron chi connectivity index (χ3n) is 5.24. The molecule has 0 spiro atoms. The molecule has 0 bridgehead atoms. The molecule has 3 amide bonds. The normalized spacial score (nSPS) is 13.7. The van der Waals surface area contributed by atoms with Gasteiger partial charge in [-0.05, 0) is 49.6 Å². The Bertz CT molecular complexity index is 921. The summed E-state index contributed by atoms with van der Waals surface area (Å²) >= 11 is 0. The zero-order valence-electron chi connectivity index (χ0n) is 17.7. The summed E-state index contributed by atoms with van der Waals surface area (Å²) in [7, 11) is 1.91. The molecule has 1 N–H and O–H groups in total. The molecule has 1 aromatic heterocycles. The molecule has 168 valence electrons. The number of anilines is 1. The number of hydrogen-bond acceptors (Lipinski definition) is 2. The van der Waals surface area contributed by atoms with Gasteiger partial charge in [0, 0.05) is 37.2 Å². The molecular weight excluding hydrogens is 409 g/mol. The molecule has 1 aliphatic carbocycles. The van der Waals surface area contributed by atoms with Crippen LogP contribution in [0.25, 0.3) is 0 Å². The van der Waals surface area contributed by atoms with Gasteiger partial charge in [-0.3, -0.25) is 4.79 Å². The minimum Gasteiger partial charge on any atom is -0.353 e. The van der Waals surface area contributed by atoms with Gasteiger partial charge in [-0.1, -0.05) is 13.0 Å². The van der Waals surface area contributed by atoms with Crippen LogP contribution in [-0.4, -0.2) is 45.4 Å². The SMILES string of the molecule is CCCN(CC(=O)N(Cc1cccn1C)C1CC1)C(=O)Nc1cccc(C(F)(F)F)c1. The fraction of sp³-hybridized carbons (Fsp3) is 0.455. The Hall–Kier alpha value is -2.97. The minimum atomic E-state index is -4.50. The van der Waals surface area contributed by atoms with Gasteiger partial charge in [0.05, 0.1) is 12.1 Å². The Balaban J connectivity index is 1.68. The summed E-state index contributed by atoms with van der Waals surface area (Å²) < 4.78 is 40.8. The number of aryl methyl sites for hydroxylation is 1. The summed E-state index contributed by atoms with van der Waals surface area (Å²) in [6, 6.07) is 7.90. The molecule has 1 aliphatic rings. The van der Waals surface area contributed by atoms with Gasteiger partial charge in [0.2, 0.25) is 5.91 Å². The lowest BCUT2D eigenvalue weighted by molar-refractivity contribution is -0.137. The average molecular weight is 436 g/mol. The van der Waals surface area contributed by atoms with E-state index in [0.717, 1.165) is 30.7 Å². The van der Waals surface area contributed by atoms with Crippen molar-refractivity contribution in [1.29, 1.82) is 0 Å². The van der Waals surface area contributed by atoms with Crippen molar-refractivity contribution < 1.29 is 22.8 Å². The second-order valence-electron chi connectivity index (χ2n) is 7.79. The smallest absolute Gasteiger partial charge is 0.353 e. The van der Waals surface area contributed by atoms with E-state index in [1.54, 1.807) is 4.90 Å². The summed E-state index contributed by atoms with van der Waals surface area (Å²) in [6.45, 7) is 2.53. The average Bonchev–Trinajstić information content (AvgIpc) is 3.47. The molecule has 6 nitrogen and oxygen atoms in total. The van der Waals surface area contributed by atoms with Gasteiger partial charge in [0.25, 0.3) is 0 Å². The van der Waals surface area contributed by atoms with E-state index >= 15 is 0 Å². The maximum Gasteiger partial charge on any atom is 0.416 e. The van der Waals surface area contributed by atoms with Gasteiger partial charge in [-0.15, -0.1) is 0 Å². The van der Waals surface area contributed by atoms with E-state index in [-0.39, 0.29) is 24.2 Å². The van der Waals surface area contributed by atoms with Crippen LogP contribution in [0, 0.1) is 0 Å². The number of carbonyl (C=O) groups excluding carboxylic acids is 2. The molecule has 1 saturated carbocycles. The third kappa shape index (κ3) is 6.02. The lowest BCUT2D eigenvalue weighted by Gasteiger charge is -2.28. The van der Waals surface area contributed by atoms with Crippen molar-refractivity contribution in [2.75, 3.05) is 18.4 Å². The molecule has 0 saturated heterocycles. The number of nitrogens with one attached hydrogen (secondary N) is 1. The highest BCUT2D eigenvalue weighted by Crippen LogP contribution is 2.31. The molecule has 0 radical (unpaired) electrons. The second kappa shape index (κ2) is 9.45. The number of urea groups is 1. The molecule has 3 rings (SSSR count). The first-order chi connectivity index (χ1) is 14.7. The number of rotatable bonds is 8. The van der Waals surface area contributed by atoms with Crippen molar-refractivity contribution in [1.82, 2.24) is 14.4 Å². The molecular formula is C22H27F3N4O2. The Labute approximate surface area is 179 Å². The van der Waals surface area contributed by atoms with E-state index in [0.29, 0.717) is 19.5 Å². The highest BCUT2D eigenvalue weighted by Gasteiger charge is 2.34. The molecule has 31 heavy (non-hydrogen) atoms. The fourth-order valence-electron chi connectivity index (χ4n) is 3.39. The zero-order valence-corrected chi connectivity index (χ0v) is 17.7. The summed E-state index contributed by atoms with van der Waals surface area (Å²) in [6.07, 6.45) is -0.108. The minimum absolute atomic E-state index is 0.0382. The van der Waals surface area contributed by atoms with Crippen LogP contribution in [0.5, 0.6) is 0 Å². The van der Waals surface area contributed by atoms with Crippen LogP contribution in [0.3, 0.4) is 0 Å². The van der Waals surface area contributed by atoms with Crippen LogP contribution in [0.1, 0.15) is 37.4 Å². The molecule has 2 aromatic rings. The number of carbonyl (C=O) groups is 2. The van der Waals surface area contributed by atoms with Crippen LogP contribution in [-0.2, 0) is 24.6 Å². The molecule has 1 aromatic carbocycles. The standard InChI is InChI=1S/C22H27F3N4O2/c1-3-11-28(21(31)26-17-7-4-6-16(13-17)22(23,24)25)15-20(30)29(18-9-10-18)14-19-8-5-12-27(19)2/h4-8,12-13,18H,3,9-11,14-15H2,1-2H3,(H,26,31). The monoisotopic (exact) mass is 436 g/mol. The highest BCUT2D eigenvalue weighted by molar-refractivity contribution is 5.92. The number of benzene rings is 1. The summed E-state index contributed by atoms with van der Waals surface area (Å²) in [5.41, 5.74) is 0.192. The molecule has 9 heteroatoms. The number of amides is 3. The predicted octanol–water partition coefficient (Wildman–Crippen LogP) is 4.48. The number of hydrogen-bond donors (Lipinski definition) is 1. The summed E-state index contributed by atoms with van der Waals surface area (Å²) in [5.74, 6) is -0.170. The highest BCUT2D eigenvalue weighted by atomic mass is 19.4. The Morgan fingerprint density at radius 2 is 1.94 bits per heavy atom. The molecule has 1 fully saturated rings. The van der Waals surface area contributed by atoms with E-state index in [4.69, 9.17) is 0 Å². The van der Waals surface area contributed by atoms with Crippen molar-refractivity contribution in [3.8, 4) is 0 Å². The quantitative estimate of drug-likeness (QED) is 0.664. The molecule has 1 heterocycles. The van der Waals surface area contributed by atoms with Crippen LogP contribution < -0.4 is 5.32 Å². The van der Waals surface area contributed by atoms with Crippen LogP contribution in [0.15, 0.2) is 42.6 Å². The lowest BCUT2D eigenvalue weighted by atomic mass is 10.2. The van der Waals surface area contributed by atoms with Crippen molar-refractivity contribution in [3.05, 3.63) is 53.9 Å². The summed E-state index contributed by atoms with van der Waals surface area (Å²) in [5, 5.41) is 2.50. The van der Waals surface area contributed by atoms with Gasteiger partial charge in [-0.2, -0.15) is 13.2 Å². The van der Waals surface area contributed by atoms with E-state index in [1.165, 1.54) is 17.0 Å². The number of halogens is 3. The second-order valence-corrected chi connectivity index (χ2v) is 7.79. The third-order valence-corrected chi connectivity index (χ3v) is 5.24. The van der Waals surface area contributed by atoms with Gasteiger partial charge in [0.15, 0.2) is 0 Å². The van der Waals surface area contributed by atoms with E-state index in [9.17, 15) is 22.8 Å². The molecule has 0 unspecified atom stereocenters. The van der Waals surface area contributed by atoms with Crippen LogP contribution >= 0.6 is 0 Å². The topological polar surface area (TPSA) is 57.6 Å². The van der Waals surface area contributed by atoms with E-state index in [1.807, 2.05) is 36.9 Å². The van der Waals surface area contributed by atoms with Crippen LogP contribution in [0.4, 0.5) is 23.7 Å². The Morgan fingerprint density at radius 1 is 1.19 bits per heavy atom. The Morgan fingerprint density at radius 3 is 2.52 bits per heavy atom. The molecule has 0 aliphatic heterocycles. The fourth-order valence-corrected chi connectivity index (χ4v) is 3.39.